The number of rotatable bonds is 5. The summed E-state index contributed by atoms with van der Waals surface area (Å²) in [5, 5.41) is 9.58. The fourth-order valence-electron chi connectivity index (χ4n) is 3.28. The number of carbonyl (C=O) groups is 1. The normalized spacial score (nSPS) is 17.7. The van der Waals surface area contributed by atoms with Gasteiger partial charge in [-0.2, -0.15) is 5.26 Å². The molecule has 134 valence electrons. The fraction of sp³-hybridized carbons (Fsp3) is 0.333. The van der Waals surface area contributed by atoms with E-state index in [0.29, 0.717) is 31.8 Å². The molecule has 0 unspecified atom stereocenters. The van der Waals surface area contributed by atoms with Gasteiger partial charge in [-0.1, -0.05) is 42.5 Å². The number of piperazine rings is 1. The van der Waals surface area contributed by atoms with Crippen molar-refractivity contribution in [3.8, 4) is 6.07 Å². The average Bonchev–Trinajstić information content (AvgIpc) is 2.69. The van der Waals surface area contributed by atoms with Crippen molar-refractivity contribution in [2.45, 2.75) is 19.2 Å². The van der Waals surface area contributed by atoms with Crippen molar-refractivity contribution in [1.29, 1.82) is 5.26 Å². The van der Waals surface area contributed by atoms with Gasteiger partial charge in [0.25, 0.3) is 5.91 Å². The molecule has 1 aliphatic heterocycles. The van der Waals surface area contributed by atoms with Gasteiger partial charge in [0.2, 0.25) is 0 Å². The van der Waals surface area contributed by atoms with E-state index in [1.807, 2.05) is 42.5 Å². The summed E-state index contributed by atoms with van der Waals surface area (Å²) in [6, 6.07) is 19.7. The second kappa shape index (κ2) is 8.61. The van der Waals surface area contributed by atoms with Gasteiger partial charge < -0.3 is 9.64 Å². The van der Waals surface area contributed by atoms with Crippen LogP contribution in [0.1, 0.15) is 21.5 Å². The molecule has 26 heavy (non-hydrogen) atoms. The second-order valence-electron chi connectivity index (χ2n) is 6.49. The number of methoxy groups -OCH3 is 1. The van der Waals surface area contributed by atoms with E-state index in [-0.39, 0.29) is 11.9 Å². The Kier molecular flexibility index (Phi) is 6.00. The lowest BCUT2D eigenvalue weighted by Crippen LogP contribution is -2.53. The summed E-state index contributed by atoms with van der Waals surface area (Å²) in [5.74, 6) is -0.0254. The van der Waals surface area contributed by atoms with Gasteiger partial charge >= 0.3 is 0 Å². The van der Waals surface area contributed by atoms with Crippen LogP contribution in [0.3, 0.4) is 0 Å². The highest BCUT2D eigenvalue weighted by atomic mass is 16.5. The fourth-order valence-corrected chi connectivity index (χ4v) is 3.28. The Hall–Kier alpha value is -2.68. The van der Waals surface area contributed by atoms with Crippen molar-refractivity contribution < 1.29 is 9.53 Å². The Morgan fingerprint density at radius 2 is 1.92 bits per heavy atom. The molecule has 0 bridgehead atoms. The van der Waals surface area contributed by atoms with E-state index in [9.17, 15) is 10.1 Å². The molecule has 1 aliphatic rings. The molecular formula is C21H23N3O2. The summed E-state index contributed by atoms with van der Waals surface area (Å²) in [6.07, 6.45) is 0. The van der Waals surface area contributed by atoms with Gasteiger partial charge in [-0.3, -0.25) is 9.69 Å². The van der Waals surface area contributed by atoms with Crippen LogP contribution in [0.2, 0.25) is 0 Å². The Labute approximate surface area is 154 Å². The summed E-state index contributed by atoms with van der Waals surface area (Å²) in [6.45, 7) is 2.95. The largest absolute Gasteiger partial charge is 0.380 e. The molecule has 1 saturated heterocycles. The minimum atomic E-state index is -0.296. The number of benzene rings is 2. The Balaban J connectivity index is 1.67. The first kappa shape index (κ1) is 18.1. The maximum atomic E-state index is 12.8. The average molecular weight is 349 g/mol. The number of hydrogen-bond acceptors (Lipinski definition) is 4. The molecule has 5 heteroatoms. The lowest BCUT2D eigenvalue weighted by atomic mass is 10.1. The Bertz CT molecular complexity index is 785. The number of nitriles is 1. The standard InChI is InChI=1S/C21H23N3O2/c1-26-16-18-8-5-9-19(12-18)21(25)24-11-10-23(20(13-22)15-24)14-17-6-3-2-4-7-17/h2-9,12,20H,10-11,14-16H2,1H3/t20-/m1/s1. The van der Waals surface area contributed by atoms with Gasteiger partial charge in [-0.15, -0.1) is 0 Å². The molecule has 0 saturated carbocycles. The number of amides is 1. The van der Waals surface area contributed by atoms with Crippen molar-refractivity contribution in [3.63, 3.8) is 0 Å². The first-order valence-corrected chi connectivity index (χ1v) is 8.76. The SMILES string of the molecule is COCc1cccc(C(=O)N2CCN(Cc3ccccc3)[C@H](C#N)C2)c1. The van der Waals surface area contributed by atoms with Gasteiger partial charge in [0, 0.05) is 38.9 Å². The smallest absolute Gasteiger partial charge is 0.253 e. The summed E-state index contributed by atoms with van der Waals surface area (Å²) in [5.41, 5.74) is 2.80. The molecule has 5 nitrogen and oxygen atoms in total. The molecule has 0 radical (unpaired) electrons. The van der Waals surface area contributed by atoms with Crippen molar-refractivity contribution in [1.82, 2.24) is 9.80 Å². The maximum absolute atomic E-state index is 12.8. The van der Waals surface area contributed by atoms with Crippen LogP contribution in [-0.2, 0) is 17.9 Å². The lowest BCUT2D eigenvalue weighted by Gasteiger charge is -2.38. The molecule has 3 rings (SSSR count). The first-order chi connectivity index (χ1) is 12.7. The maximum Gasteiger partial charge on any atom is 0.253 e. The van der Waals surface area contributed by atoms with E-state index < -0.39 is 0 Å². The lowest BCUT2D eigenvalue weighted by molar-refractivity contribution is 0.0552. The van der Waals surface area contributed by atoms with Crippen LogP contribution >= 0.6 is 0 Å². The molecule has 0 N–H and O–H groups in total. The van der Waals surface area contributed by atoms with Crippen LogP contribution in [0.15, 0.2) is 54.6 Å². The molecule has 1 heterocycles. The molecule has 2 aromatic carbocycles. The van der Waals surface area contributed by atoms with Crippen molar-refractivity contribution in [3.05, 3.63) is 71.3 Å². The third kappa shape index (κ3) is 4.29. The van der Waals surface area contributed by atoms with E-state index >= 15 is 0 Å². The zero-order valence-corrected chi connectivity index (χ0v) is 15.0. The van der Waals surface area contributed by atoms with Gasteiger partial charge in [-0.25, -0.2) is 0 Å². The van der Waals surface area contributed by atoms with Crippen LogP contribution < -0.4 is 0 Å². The van der Waals surface area contributed by atoms with Crippen molar-refractivity contribution in [2.75, 3.05) is 26.7 Å². The monoisotopic (exact) mass is 349 g/mol. The summed E-state index contributed by atoms with van der Waals surface area (Å²) in [4.78, 5) is 16.8. The Morgan fingerprint density at radius 3 is 2.65 bits per heavy atom. The van der Waals surface area contributed by atoms with Crippen LogP contribution in [0.4, 0.5) is 0 Å². The summed E-state index contributed by atoms with van der Waals surface area (Å²) in [7, 11) is 1.64. The zero-order chi connectivity index (χ0) is 18.4. The highest BCUT2D eigenvalue weighted by Crippen LogP contribution is 2.17. The minimum absolute atomic E-state index is 0.0254. The number of carbonyl (C=O) groups excluding carboxylic acids is 1. The molecular weight excluding hydrogens is 326 g/mol. The topological polar surface area (TPSA) is 56.6 Å². The van der Waals surface area contributed by atoms with Gasteiger partial charge in [-0.05, 0) is 23.3 Å². The second-order valence-corrected chi connectivity index (χ2v) is 6.49. The predicted molar refractivity (Wildman–Crippen MR) is 99.3 cm³/mol. The zero-order valence-electron chi connectivity index (χ0n) is 15.0. The van der Waals surface area contributed by atoms with Crippen molar-refractivity contribution in [2.24, 2.45) is 0 Å². The number of nitrogens with zero attached hydrogens (tertiary/aromatic N) is 3. The summed E-state index contributed by atoms with van der Waals surface area (Å²) >= 11 is 0. The first-order valence-electron chi connectivity index (χ1n) is 8.76. The van der Waals surface area contributed by atoms with Gasteiger partial charge in [0.05, 0.1) is 12.7 Å². The van der Waals surface area contributed by atoms with Crippen LogP contribution in [-0.4, -0.2) is 48.5 Å². The van der Waals surface area contributed by atoms with E-state index in [2.05, 4.69) is 23.1 Å². The number of ether oxygens (including phenoxy) is 1. The van der Waals surface area contributed by atoms with Crippen LogP contribution in [0.5, 0.6) is 0 Å². The third-order valence-electron chi connectivity index (χ3n) is 4.64. The quantitative estimate of drug-likeness (QED) is 0.833. The van der Waals surface area contributed by atoms with E-state index in [1.54, 1.807) is 12.0 Å². The highest BCUT2D eigenvalue weighted by Gasteiger charge is 2.30. The third-order valence-corrected chi connectivity index (χ3v) is 4.64. The molecule has 0 aliphatic carbocycles. The molecule has 1 amide bonds. The predicted octanol–water partition coefficient (Wildman–Crippen LogP) is 2.68. The summed E-state index contributed by atoms with van der Waals surface area (Å²) < 4.78 is 5.14. The molecule has 2 aromatic rings. The van der Waals surface area contributed by atoms with Crippen LogP contribution in [0, 0.1) is 11.3 Å². The number of hydrogen-bond donors (Lipinski definition) is 0. The van der Waals surface area contributed by atoms with E-state index in [1.165, 1.54) is 5.56 Å². The van der Waals surface area contributed by atoms with Gasteiger partial charge in [0.15, 0.2) is 0 Å². The van der Waals surface area contributed by atoms with Gasteiger partial charge in [0.1, 0.15) is 6.04 Å². The molecule has 1 fully saturated rings. The van der Waals surface area contributed by atoms with E-state index in [0.717, 1.165) is 12.1 Å². The minimum Gasteiger partial charge on any atom is -0.380 e. The van der Waals surface area contributed by atoms with Crippen molar-refractivity contribution >= 4 is 5.91 Å². The molecule has 0 spiro atoms. The van der Waals surface area contributed by atoms with Crippen LogP contribution in [0.25, 0.3) is 0 Å². The highest BCUT2D eigenvalue weighted by molar-refractivity contribution is 5.94. The van der Waals surface area contributed by atoms with E-state index in [4.69, 9.17) is 4.74 Å². The Morgan fingerprint density at radius 1 is 1.15 bits per heavy atom. The molecule has 0 aromatic heterocycles. The molecule has 1 atom stereocenters.